The summed E-state index contributed by atoms with van der Waals surface area (Å²) in [5.41, 5.74) is 4.04. The minimum Gasteiger partial charge on any atom is -0.377 e. The molecule has 1 unspecified atom stereocenters. The topological polar surface area (TPSA) is 139 Å². The summed E-state index contributed by atoms with van der Waals surface area (Å²) in [6.45, 7) is 0. The van der Waals surface area contributed by atoms with Crippen molar-refractivity contribution in [2.24, 2.45) is 0 Å². The monoisotopic (exact) mass is 584 g/mol. The summed E-state index contributed by atoms with van der Waals surface area (Å²) >= 11 is 6.80. The smallest absolute Gasteiger partial charge is 0.109 e. The maximum atomic E-state index is 10.1. The Labute approximate surface area is 255 Å². The number of nitriles is 3. The number of rotatable bonds is 10. The summed E-state index contributed by atoms with van der Waals surface area (Å²) in [7, 11) is 0. The lowest BCUT2D eigenvalue weighted by Crippen LogP contribution is -2.14. The molecule has 1 aliphatic carbocycles. The molecule has 43 heavy (non-hydrogen) atoms. The zero-order valence-electron chi connectivity index (χ0n) is 24.0. The number of pyridine rings is 1. The van der Waals surface area contributed by atoms with Crippen LogP contribution in [0.2, 0.25) is 5.02 Å². The SMILES string of the molecule is [2H]C(Nc1cc(Cl)c2ncc(C#N)c(N[C@H](CCC#N)c3ccccc3)c2c1)(c1cccc(C#N)c1)c1cn(C2CC2)nn1. The Morgan fingerprint density at radius 3 is 2.56 bits per heavy atom. The van der Waals surface area contributed by atoms with Crippen LogP contribution < -0.4 is 10.6 Å². The van der Waals surface area contributed by atoms with Crippen molar-refractivity contribution >= 4 is 33.9 Å². The molecule has 210 valence electrons. The Kier molecular flexibility index (Phi) is 7.51. The molecule has 0 saturated heterocycles. The van der Waals surface area contributed by atoms with Crippen molar-refractivity contribution in [3.05, 3.63) is 112 Å². The summed E-state index contributed by atoms with van der Waals surface area (Å²) in [6.07, 6.45) is 6.09. The molecule has 1 fully saturated rings. The second-order valence-corrected chi connectivity index (χ2v) is 10.7. The summed E-state index contributed by atoms with van der Waals surface area (Å²) in [4.78, 5) is 4.48. The van der Waals surface area contributed by atoms with Crippen LogP contribution in [0.4, 0.5) is 11.4 Å². The van der Waals surface area contributed by atoms with Crippen LogP contribution in [0.1, 0.15) is 73.1 Å². The van der Waals surface area contributed by atoms with Crippen LogP contribution in [0.3, 0.4) is 0 Å². The van der Waals surface area contributed by atoms with Crippen molar-refractivity contribution in [2.45, 2.75) is 43.8 Å². The number of aromatic nitrogens is 4. The third kappa shape index (κ3) is 5.97. The molecule has 3 aromatic carbocycles. The van der Waals surface area contributed by atoms with Crippen molar-refractivity contribution in [3.63, 3.8) is 0 Å². The van der Waals surface area contributed by atoms with E-state index in [2.05, 4.69) is 44.1 Å². The van der Waals surface area contributed by atoms with Crippen molar-refractivity contribution in [3.8, 4) is 18.2 Å². The van der Waals surface area contributed by atoms with Gasteiger partial charge >= 0.3 is 0 Å². The largest absolute Gasteiger partial charge is 0.377 e. The maximum Gasteiger partial charge on any atom is 0.109 e. The minimum atomic E-state index is -1.63. The van der Waals surface area contributed by atoms with Crippen LogP contribution in [-0.2, 0) is 0 Å². The predicted octanol–water partition coefficient (Wildman–Crippen LogP) is 7.22. The van der Waals surface area contributed by atoms with Crippen LogP contribution in [0.25, 0.3) is 10.9 Å². The van der Waals surface area contributed by atoms with E-state index in [0.717, 1.165) is 18.4 Å². The van der Waals surface area contributed by atoms with Gasteiger partial charge in [0.1, 0.15) is 11.8 Å². The van der Waals surface area contributed by atoms with Crippen molar-refractivity contribution in [2.75, 3.05) is 10.6 Å². The van der Waals surface area contributed by atoms with Gasteiger partial charge < -0.3 is 10.6 Å². The van der Waals surface area contributed by atoms with Gasteiger partial charge in [-0.15, -0.1) is 5.10 Å². The number of benzene rings is 3. The van der Waals surface area contributed by atoms with Gasteiger partial charge in [0.2, 0.25) is 0 Å². The molecule has 5 aromatic rings. The first-order valence-corrected chi connectivity index (χ1v) is 14.2. The van der Waals surface area contributed by atoms with Gasteiger partial charge in [0.25, 0.3) is 0 Å². The van der Waals surface area contributed by atoms with E-state index in [-0.39, 0.29) is 12.1 Å². The van der Waals surface area contributed by atoms with Crippen LogP contribution in [0.15, 0.2) is 79.1 Å². The van der Waals surface area contributed by atoms with Gasteiger partial charge in [0, 0.05) is 23.7 Å². The van der Waals surface area contributed by atoms with E-state index in [9.17, 15) is 17.2 Å². The van der Waals surface area contributed by atoms with Gasteiger partial charge in [-0.05, 0) is 54.7 Å². The lowest BCUT2D eigenvalue weighted by atomic mass is 9.99. The number of nitrogens with one attached hydrogen (secondary N) is 2. The summed E-state index contributed by atoms with van der Waals surface area (Å²) < 4.78 is 11.5. The van der Waals surface area contributed by atoms with E-state index >= 15 is 0 Å². The molecule has 0 radical (unpaired) electrons. The highest BCUT2D eigenvalue weighted by Gasteiger charge is 2.27. The van der Waals surface area contributed by atoms with E-state index in [1.165, 1.54) is 6.20 Å². The molecule has 1 aliphatic rings. The number of nitrogens with zero attached hydrogens (tertiary/aromatic N) is 7. The quantitative estimate of drug-likeness (QED) is 0.175. The van der Waals surface area contributed by atoms with E-state index in [1.807, 2.05) is 30.3 Å². The predicted molar refractivity (Wildman–Crippen MR) is 164 cm³/mol. The van der Waals surface area contributed by atoms with Crippen molar-refractivity contribution < 1.29 is 1.37 Å². The zero-order chi connectivity index (χ0) is 30.7. The molecule has 2 atom stereocenters. The average molecular weight is 585 g/mol. The molecule has 0 bridgehead atoms. The molecule has 0 aliphatic heterocycles. The highest BCUT2D eigenvalue weighted by molar-refractivity contribution is 6.35. The van der Waals surface area contributed by atoms with Gasteiger partial charge in [-0.25, -0.2) is 4.68 Å². The third-order valence-electron chi connectivity index (χ3n) is 7.35. The second kappa shape index (κ2) is 12.2. The Balaban J connectivity index is 1.47. The summed E-state index contributed by atoms with van der Waals surface area (Å²) in [5, 5.41) is 45.3. The lowest BCUT2D eigenvalue weighted by Gasteiger charge is -2.23. The maximum absolute atomic E-state index is 10.1. The minimum absolute atomic E-state index is 0.259. The fourth-order valence-electron chi connectivity index (χ4n) is 5.04. The molecular weight excluding hydrogens is 558 g/mol. The molecule has 9 nitrogen and oxygen atoms in total. The van der Waals surface area contributed by atoms with Gasteiger partial charge in [-0.2, -0.15) is 15.8 Å². The molecule has 6 rings (SSSR count). The van der Waals surface area contributed by atoms with Crippen LogP contribution in [0.5, 0.6) is 0 Å². The van der Waals surface area contributed by atoms with Crippen molar-refractivity contribution in [1.29, 1.82) is 15.8 Å². The van der Waals surface area contributed by atoms with Crippen LogP contribution >= 0.6 is 11.6 Å². The van der Waals surface area contributed by atoms with E-state index in [4.69, 9.17) is 11.6 Å². The molecule has 2 heterocycles. The van der Waals surface area contributed by atoms with Gasteiger partial charge in [-0.3, -0.25) is 4.98 Å². The standard InChI is InChI=1S/C33H26ClN9/c34-28-16-25(39-32(23-9-4-6-21(14-23)17-36)30-20-43(42-41-30)26-11-12-26)15-27-31(24(18-37)19-38-33(27)28)40-29(10-5-13-35)22-7-2-1-3-8-22/h1-4,6-9,14-16,19-20,26,29,32,39H,5,10-12H2,(H,38,40)/t29-,32?/m1/s1/i32D. The van der Waals surface area contributed by atoms with Crippen LogP contribution in [-0.4, -0.2) is 20.0 Å². The van der Waals surface area contributed by atoms with Crippen LogP contribution in [0, 0.1) is 34.0 Å². The molecule has 1 saturated carbocycles. The number of hydrogen-bond donors (Lipinski definition) is 2. The number of halogens is 1. The van der Waals surface area contributed by atoms with E-state index < -0.39 is 6.02 Å². The average Bonchev–Trinajstić information content (AvgIpc) is 3.78. The molecule has 0 amide bonds. The van der Waals surface area contributed by atoms with Gasteiger partial charge in [-0.1, -0.05) is 59.3 Å². The van der Waals surface area contributed by atoms with E-state index in [0.29, 0.717) is 62.5 Å². The fourth-order valence-corrected chi connectivity index (χ4v) is 5.31. The second-order valence-electron chi connectivity index (χ2n) is 10.3. The Hall–Kier alpha value is -5.43. The summed E-state index contributed by atoms with van der Waals surface area (Å²) in [5.74, 6) is 0. The normalized spacial score (nSPS) is 14.9. The highest BCUT2D eigenvalue weighted by atomic mass is 35.5. The summed E-state index contributed by atoms with van der Waals surface area (Å²) in [6, 6.07) is 25.0. The van der Waals surface area contributed by atoms with Gasteiger partial charge in [0.05, 0.1) is 65.2 Å². The highest BCUT2D eigenvalue weighted by Crippen LogP contribution is 2.38. The molecule has 2 N–H and O–H groups in total. The number of fused-ring (bicyclic) bond motifs is 1. The number of hydrogen-bond acceptors (Lipinski definition) is 8. The molecule has 10 heteroatoms. The molecule has 2 aromatic heterocycles. The Morgan fingerprint density at radius 2 is 1.81 bits per heavy atom. The Morgan fingerprint density at radius 1 is 1.00 bits per heavy atom. The number of anilines is 2. The van der Waals surface area contributed by atoms with Crippen molar-refractivity contribution in [1.82, 2.24) is 20.0 Å². The van der Waals surface area contributed by atoms with E-state index in [1.54, 1.807) is 47.3 Å². The first kappa shape index (κ1) is 26.5. The first-order chi connectivity index (χ1) is 21.4. The third-order valence-corrected chi connectivity index (χ3v) is 7.64. The zero-order valence-corrected chi connectivity index (χ0v) is 23.8. The molecular formula is C33H26ClN9. The fraction of sp³-hybridized carbons (Fsp3) is 0.212. The lowest BCUT2D eigenvalue weighted by molar-refractivity contribution is 0.610. The molecule has 0 spiro atoms. The first-order valence-electron chi connectivity index (χ1n) is 14.4. The van der Waals surface area contributed by atoms with Gasteiger partial charge in [0.15, 0.2) is 0 Å². The Bertz CT molecular complexity index is 1970.